The molecule has 0 unspecified atom stereocenters. The summed E-state index contributed by atoms with van der Waals surface area (Å²) in [6, 6.07) is 0. The third-order valence-corrected chi connectivity index (χ3v) is 0.773. The van der Waals surface area contributed by atoms with Crippen LogP contribution in [0.3, 0.4) is 0 Å². The highest BCUT2D eigenvalue weighted by Gasteiger charge is 1.60. The molecule has 0 spiro atoms. The van der Waals surface area contributed by atoms with Crippen LogP contribution in [0.1, 0.15) is 0 Å². The molecule has 0 radical (unpaired) electrons. The highest BCUT2D eigenvalue weighted by Crippen LogP contribution is 1.97. The van der Waals surface area contributed by atoms with Crippen molar-refractivity contribution in [2.24, 2.45) is 10.1 Å². The van der Waals surface area contributed by atoms with Gasteiger partial charge in [-0.05, 0) is 0 Å². The van der Waals surface area contributed by atoms with Gasteiger partial charge in [0.05, 0.1) is 6.34 Å². The van der Waals surface area contributed by atoms with Gasteiger partial charge < -0.3 is 5.73 Å². The molecule has 0 atom stereocenters. The summed E-state index contributed by atoms with van der Waals surface area (Å²) in [6.07, 6.45) is 1.22. The first-order chi connectivity index (χ1) is 3.41. The van der Waals surface area contributed by atoms with Gasteiger partial charge >= 0.3 is 0 Å². The van der Waals surface area contributed by atoms with Crippen LogP contribution in [0, 0.1) is 0 Å². The van der Waals surface area contributed by atoms with E-state index in [2.05, 4.69) is 16.7 Å². The minimum atomic E-state index is 1.20. The van der Waals surface area contributed by atoms with E-state index in [-0.39, 0.29) is 0 Å². The molecule has 0 saturated heterocycles. The van der Waals surface area contributed by atoms with E-state index in [1.807, 2.05) is 0 Å². The second kappa shape index (κ2) is 5.34. The number of hydrogen-bond acceptors (Lipinski definition) is 2. The Kier molecular flexibility index (Phi) is 4.84. The maximum atomic E-state index is 4.89. The van der Waals surface area contributed by atoms with Crippen LogP contribution in [0.15, 0.2) is 22.1 Å². The Hall–Kier alpha value is -0.660. The summed E-state index contributed by atoms with van der Waals surface area (Å²) in [7, 11) is 0. The van der Waals surface area contributed by atoms with Gasteiger partial charge in [0, 0.05) is 17.4 Å². The van der Waals surface area contributed by atoms with Gasteiger partial charge in [0.25, 0.3) is 0 Å². The Balaban J connectivity index is 3.15. The number of rotatable bonds is 2. The zero-order valence-electron chi connectivity index (χ0n) is 3.79. The zero-order valence-corrected chi connectivity index (χ0v) is 4.61. The molecule has 0 aromatic carbocycles. The molecule has 0 saturated carbocycles. The summed E-state index contributed by atoms with van der Waals surface area (Å²) in [6.45, 7) is 3.32. The minimum absolute atomic E-state index is 1.20. The van der Waals surface area contributed by atoms with Crippen LogP contribution in [0.2, 0.25) is 0 Å². The maximum Gasteiger partial charge on any atom is 0.0941 e. The zero-order chi connectivity index (χ0) is 5.54. The normalized spacial score (nSPS) is 8.57. The summed E-state index contributed by atoms with van der Waals surface area (Å²) in [5.74, 6) is 0. The van der Waals surface area contributed by atoms with Crippen molar-refractivity contribution >= 4 is 18.3 Å². The summed E-state index contributed by atoms with van der Waals surface area (Å²) in [4.78, 5) is 0. The summed E-state index contributed by atoms with van der Waals surface area (Å²) >= 11 is 1.20. The molecular weight excluding hydrogens is 108 g/mol. The fourth-order valence-electron chi connectivity index (χ4n) is 0.103. The van der Waals surface area contributed by atoms with Crippen molar-refractivity contribution in [3.05, 3.63) is 17.7 Å². The molecule has 0 aromatic rings. The molecule has 0 aromatic heterocycles. The Morgan fingerprint density at radius 3 is 3.00 bits per heavy atom. The van der Waals surface area contributed by atoms with E-state index in [1.54, 1.807) is 5.41 Å². The van der Waals surface area contributed by atoms with Crippen LogP contribution in [0.5, 0.6) is 0 Å². The van der Waals surface area contributed by atoms with Crippen LogP contribution >= 0.6 is 11.9 Å². The molecule has 2 N–H and O–H groups in total. The van der Waals surface area contributed by atoms with Gasteiger partial charge in [0.15, 0.2) is 0 Å². The molecule has 38 valence electrons. The van der Waals surface area contributed by atoms with Crippen LogP contribution in [0.25, 0.3) is 0 Å². The average molecular weight is 114 g/mol. The molecule has 0 heterocycles. The van der Waals surface area contributed by atoms with Gasteiger partial charge in [-0.2, -0.15) is 0 Å². The van der Waals surface area contributed by atoms with Gasteiger partial charge in [-0.25, -0.2) is 4.40 Å². The van der Waals surface area contributed by atoms with E-state index in [1.165, 1.54) is 18.3 Å². The molecular formula is C4H6N2S. The predicted octanol–water partition coefficient (Wildman–Crippen LogP) is 0.920. The third-order valence-electron chi connectivity index (χ3n) is 0.258. The Bertz CT molecular complexity index is 102. The quantitative estimate of drug-likeness (QED) is 0.251. The molecule has 0 fully saturated rings. The smallest absolute Gasteiger partial charge is 0.0941 e. The van der Waals surface area contributed by atoms with Gasteiger partial charge in [-0.15, -0.1) is 5.73 Å². The Morgan fingerprint density at radius 1 is 1.86 bits per heavy atom. The van der Waals surface area contributed by atoms with Crippen molar-refractivity contribution in [3.63, 3.8) is 0 Å². The molecule has 0 rings (SSSR count). The van der Waals surface area contributed by atoms with Gasteiger partial charge in [-0.3, -0.25) is 0 Å². The Morgan fingerprint density at radius 2 is 2.57 bits per heavy atom. The van der Waals surface area contributed by atoms with Gasteiger partial charge in [0.2, 0.25) is 0 Å². The number of hydrogen-bond donors (Lipinski definition) is 1. The van der Waals surface area contributed by atoms with E-state index in [0.29, 0.717) is 0 Å². The predicted molar refractivity (Wildman–Crippen MR) is 34.0 cm³/mol. The average Bonchev–Trinajstić information content (AvgIpc) is 1.69. The van der Waals surface area contributed by atoms with Crippen molar-refractivity contribution in [2.45, 2.75) is 0 Å². The third kappa shape index (κ3) is 5.34. The highest BCUT2D eigenvalue weighted by molar-refractivity contribution is 8.00. The van der Waals surface area contributed by atoms with Crippen molar-refractivity contribution in [1.29, 1.82) is 0 Å². The van der Waals surface area contributed by atoms with E-state index >= 15 is 0 Å². The van der Waals surface area contributed by atoms with Crippen LogP contribution in [-0.4, -0.2) is 6.34 Å². The van der Waals surface area contributed by atoms with Crippen molar-refractivity contribution in [2.75, 3.05) is 0 Å². The van der Waals surface area contributed by atoms with Crippen molar-refractivity contribution in [3.8, 4) is 0 Å². The summed E-state index contributed by atoms with van der Waals surface area (Å²) in [5.41, 5.74) is 7.41. The van der Waals surface area contributed by atoms with Crippen LogP contribution in [0.4, 0.5) is 0 Å². The molecule has 3 heteroatoms. The lowest BCUT2D eigenvalue weighted by Crippen LogP contribution is -1.84. The number of nitrogens with two attached hydrogens (primary N) is 1. The first-order valence-electron chi connectivity index (χ1n) is 1.65. The Labute approximate surface area is 46.9 Å². The SMILES string of the molecule is C=C=CS/N=C\N. The summed E-state index contributed by atoms with van der Waals surface area (Å²) in [5, 5.41) is 1.61. The molecule has 7 heavy (non-hydrogen) atoms. The second-order valence-corrected chi connectivity index (χ2v) is 1.34. The van der Waals surface area contributed by atoms with E-state index in [4.69, 9.17) is 5.73 Å². The molecule has 0 aliphatic rings. The maximum absolute atomic E-state index is 4.89. The van der Waals surface area contributed by atoms with Gasteiger partial charge in [-0.1, -0.05) is 6.58 Å². The minimum Gasteiger partial charge on any atom is -0.389 e. The molecule has 0 bridgehead atoms. The summed E-state index contributed by atoms with van der Waals surface area (Å²) < 4.78 is 3.57. The largest absolute Gasteiger partial charge is 0.389 e. The fourth-order valence-corrected chi connectivity index (χ4v) is 0.308. The van der Waals surface area contributed by atoms with Crippen LogP contribution < -0.4 is 5.73 Å². The van der Waals surface area contributed by atoms with Crippen molar-refractivity contribution in [1.82, 2.24) is 0 Å². The van der Waals surface area contributed by atoms with E-state index < -0.39 is 0 Å². The lowest BCUT2D eigenvalue weighted by Gasteiger charge is -1.70. The lowest BCUT2D eigenvalue weighted by atomic mass is 11.0. The number of nitrogens with zero attached hydrogens (tertiary/aromatic N) is 1. The van der Waals surface area contributed by atoms with Crippen LogP contribution in [-0.2, 0) is 0 Å². The molecule has 0 aliphatic carbocycles. The standard InChI is InChI=1S/C4H6N2S/c1-2-3-7-6-4-5/h3-4H,1H2,(H2,5,6). The van der Waals surface area contributed by atoms with Crippen molar-refractivity contribution < 1.29 is 0 Å². The first kappa shape index (κ1) is 6.34. The van der Waals surface area contributed by atoms with E-state index in [0.717, 1.165) is 0 Å². The molecule has 2 nitrogen and oxygen atoms in total. The monoisotopic (exact) mass is 114 g/mol. The topological polar surface area (TPSA) is 38.4 Å². The molecule has 0 amide bonds. The second-order valence-electron chi connectivity index (χ2n) is 0.682. The fraction of sp³-hybridized carbons (Fsp3) is 0. The van der Waals surface area contributed by atoms with Gasteiger partial charge in [0.1, 0.15) is 0 Å². The lowest BCUT2D eigenvalue weighted by molar-refractivity contribution is 1.79. The molecule has 0 aliphatic heterocycles. The highest BCUT2D eigenvalue weighted by atomic mass is 32.2. The van der Waals surface area contributed by atoms with E-state index in [9.17, 15) is 0 Å². The first-order valence-corrected chi connectivity index (χ1v) is 2.49.